The molecule has 2 aromatic rings. The highest BCUT2D eigenvalue weighted by molar-refractivity contribution is 5.84. The van der Waals surface area contributed by atoms with Crippen LogP contribution in [-0.4, -0.2) is 23.0 Å². The van der Waals surface area contributed by atoms with Crippen LogP contribution in [0, 0.1) is 0 Å². The monoisotopic (exact) mass is 245 g/mol. The van der Waals surface area contributed by atoms with Gasteiger partial charge in [-0.1, -0.05) is 0 Å². The van der Waals surface area contributed by atoms with E-state index in [9.17, 15) is 14.7 Å². The maximum Gasteiger partial charge on any atom is 0.345 e. The van der Waals surface area contributed by atoms with Gasteiger partial charge in [-0.2, -0.15) is 4.98 Å². The van der Waals surface area contributed by atoms with Crippen molar-refractivity contribution in [2.24, 2.45) is 0 Å². The van der Waals surface area contributed by atoms with E-state index in [1.165, 1.54) is 13.2 Å². The van der Waals surface area contributed by atoms with Crippen LogP contribution in [0.2, 0.25) is 0 Å². The van der Waals surface area contributed by atoms with Gasteiger partial charge >= 0.3 is 5.69 Å². The standard InChI is InChI=1S/C12H10N2O4/c1-18-8-4-2-7(3-5-8)9-6-10(11(15)16)14-12(17)13-9/h2-6H,1H3,(H,15,16)(H,13,14,17)/p-1. The zero-order valence-electron chi connectivity index (χ0n) is 9.47. The van der Waals surface area contributed by atoms with Gasteiger partial charge in [0.15, 0.2) is 0 Å². The molecule has 2 rings (SSSR count). The minimum atomic E-state index is -1.45. The van der Waals surface area contributed by atoms with Gasteiger partial charge in [0, 0.05) is 5.56 Å². The van der Waals surface area contributed by atoms with Gasteiger partial charge in [-0.25, -0.2) is 4.79 Å². The second-order valence-corrected chi connectivity index (χ2v) is 3.50. The second kappa shape index (κ2) is 4.70. The van der Waals surface area contributed by atoms with E-state index in [0.29, 0.717) is 11.3 Å². The third-order valence-electron chi connectivity index (χ3n) is 2.35. The Bertz CT molecular complexity index is 631. The highest BCUT2D eigenvalue weighted by Gasteiger charge is 2.04. The first-order chi connectivity index (χ1) is 8.60. The number of H-pyrrole nitrogens is 1. The van der Waals surface area contributed by atoms with E-state index < -0.39 is 11.7 Å². The fourth-order valence-electron chi connectivity index (χ4n) is 1.48. The molecular weight excluding hydrogens is 236 g/mol. The van der Waals surface area contributed by atoms with Gasteiger partial charge in [0.05, 0.1) is 24.5 Å². The molecule has 6 heteroatoms. The van der Waals surface area contributed by atoms with Crippen molar-refractivity contribution >= 4 is 5.97 Å². The lowest BCUT2D eigenvalue weighted by atomic mass is 10.1. The number of hydrogen-bond acceptors (Lipinski definition) is 5. The molecule has 0 unspecified atom stereocenters. The predicted molar refractivity (Wildman–Crippen MR) is 61.2 cm³/mol. The molecule has 1 aromatic carbocycles. The van der Waals surface area contributed by atoms with Crippen LogP contribution in [-0.2, 0) is 0 Å². The summed E-state index contributed by atoms with van der Waals surface area (Å²) in [6.45, 7) is 0. The largest absolute Gasteiger partial charge is 0.543 e. The fraction of sp³-hybridized carbons (Fsp3) is 0.0833. The highest BCUT2D eigenvalue weighted by Crippen LogP contribution is 2.19. The Morgan fingerprint density at radius 3 is 2.56 bits per heavy atom. The molecule has 0 aliphatic rings. The Morgan fingerprint density at radius 1 is 1.33 bits per heavy atom. The van der Waals surface area contributed by atoms with E-state index in [1.54, 1.807) is 24.3 Å². The number of aromatic carboxylic acids is 1. The van der Waals surface area contributed by atoms with Crippen LogP contribution < -0.4 is 15.5 Å². The lowest BCUT2D eigenvalue weighted by Crippen LogP contribution is -2.27. The van der Waals surface area contributed by atoms with Gasteiger partial charge in [-0.15, -0.1) is 0 Å². The van der Waals surface area contributed by atoms with Crippen molar-refractivity contribution < 1.29 is 14.6 Å². The number of carboxylic acid groups (broad SMARTS) is 1. The molecule has 0 bridgehead atoms. The third kappa shape index (κ3) is 2.37. The minimum Gasteiger partial charge on any atom is -0.543 e. The lowest BCUT2D eigenvalue weighted by molar-refractivity contribution is -0.255. The van der Waals surface area contributed by atoms with Gasteiger partial charge in [-0.3, -0.25) is 0 Å². The second-order valence-electron chi connectivity index (χ2n) is 3.50. The van der Waals surface area contributed by atoms with Crippen molar-refractivity contribution in [3.8, 4) is 17.0 Å². The van der Waals surface area contributed by atoms with Gasteiger partial charge in [0.25, 0.3) is 0 Å². The summed E-state index contributed by atoms with van der Waals surface area (Å²) in [6.07, 6.45) is 0. The smallest absolute Gasteiger partial charge is 0.345 e. The van der Waals surface area contributed by atoms with Crippen molar-refractivity contribution in [1.82, 2.24) is 9.97 Å². The molecule has 18 heavy (non-hydrogen) atoms. The summed E-state index contributed by atoms with van der Waals surface area (Å²) in [5.74, 6) is -0.798. The predicted octanol–water partition coefficient (Wildman–Crippen LogP) is -0.191. The zero-order chi connectivity index (χ0) is 13.1. The van der Waals surface area contributed by atoms with E-state index in [4.69, 9.17) is 4.74 Å². The molecule has 0 saturated carbocycles. The van der Waals surface area contributed by atoms with Crippen LogP contribution in [0.1, 0.15) is 10.5 Å². The Hall–Kier alpha value is -2.63. The molecule has 0 amide bonds. The summed E-state index contributed by atoms with van der Waals surface area (Å²) < 4.78 is 5.00. The Morgan fingerprint density at radius 2 is 2.00 bits per heavy atom. The number of nitrogens with zero attached hydrogens (tertiary/aromatic N) is 1. The Balaban J connectivity index is 2.49. The molecular formula is C12H9N2O4-. The van der Waals surface area contributed by atoms with Crippen molar-refractivity contribution in [1.29, 1.82) is 0 Å². The highest BCUT2D eigenvalue weighted by atomic mass is 16.5. The number of nitrogens with one attached hydrogen (secondary N) is 1. The molecule has 1 aromatic heterocycles. The minimum absolute atomic E-state index is 0.264. The van der Waals surface area contributed by atoms with Crippen molar-refractivity contribution in [3.05, 3.63) is 46.5 Å². The van der Waals surface area contributed by atoms with Crippen LogP contribution in [0.5, 0.6) is 5.75 Å². The number of carboxylic acids is 1. The molecule has 0 saturated heterocycles. The normalized spacial score (nSPS) is 10.1. The number of carbonyl (C=O) groups excluding carboxylic acids is 1. The summed E-state index contributed by atoms with van der Waals surface area (Å²) in [5, 5.41) is 10.7. The van der Waals surface area contributed by atoms with E-state index in [1.807, 2.05) is 0 Å². The SMILES string of the molecule is COc1ccc(-c2cc(C(=O)[O-])[nH]c(=O)n2)cc1. The van der Waals surface area contributed by atoms with Gasteiger partial charge in [0.1, 0.15) is 5.75 Å². The zero-order valence-corrected chi connectivity index (χ0v) is 9.47. The molecule has 92 valence electrons. The number of methoxy groups -OCH3 is 1. The quantitative estimate of drug-likeness (QED) is 0.808. The average molecular weight is 245 g/mol. The summed E-state index contributed by atoms with van der Waals surface area (Å²) >= 11 is 0. The first kappa shape index (κ1) is 11.8. The fourth-order valence-corrected chi connectivity index (χ4v) is 1.48. The van der Waals surface area contributed by atoms with Crippen LogP contribution in [0.15, 0.2) is 35.1 Å². The summed E-state index contributed by atoms with van der Waals surface area (Å²) in [6, 6.07) is 7.99. The summed E-state index contributed by atoms with van der Waals surface area (Å²) in [7, 11) is 1.54. The molecule has 6 nitrogen and oxygen atoms in total. The maximum absolute atomic E-state index is 11.2. The van der Waals surface area contributed by atoms with Gasteiger partial charge in [-0.05, 0) is 30.3 Å². The molecule has 0 radical (unpaired) electrons. The maximum atomic E-state index is 11.2. The molecule has 0 spiro atoms. The number of aromatic amines is 1. The first-order valence-electron chi connectivity index (χ1n) is 5.07. The Labute approximate surface area is 102 Å². The number of aromatic nitrogens is 2. The lowest BCUT2D eigenvalue weighted by Gasteiger charge is -2.05. The number of hydrogen-bond donors (Lipinski definition) is 1. The molecule has 1 N–H and O–H groups in total. The van der Waals surface area contributed by atoms with Crippen molar-refractivity contribution in [2.75, 3.05) is 7.11 Å². The van der Waals surface area contributed by atoms with Crippen LogP contribution in [0.3, 0.4) is 0 Å². The van der Waals surface area contributed by atoms with Crippen molar-refractivity contribution in [3.63, 3.8) is 0 Å². The number of ether oxygens (including phenoxy) is 1. The van der Waals surface area contributed by atoms with E-state index >= 15 is 0 Å². The molecule has 0 aliphatic carbocycles. The van der Waals surface area contributed by atoms with Crippen LogP contribution >= 0.6 is 0 Å². The first-order valence-corrected chi connectivity index (χ1v) is 5.07. The number of benzene rings is 1. The number of rotatable bonds is 3. The summed E-state index contributed by atoms with van der Waals surface area (Å²) in [4.78, 5) is 27.7. The van der Waals surface area contributed by atoms with Gasteiger partial charge in [0.2, 0.25) is 0 Å². The molecule has 0 fully saturated rings. The molecule has 1 heterocycles. The van der Waals surface area contributed by atoms with Gasteiger partial charge < -0.3 is 19.6 Å². The topological polar surface area (TPSA) is 95.1 Å². The van der Waals surface area contributed by atoms with E-state index in [2.05, 4.69) is 9.97 Å². The third-order valence-corrected chi connectivity index (χ3v) is 2.35. The van der Waals surface area contributed by atoms with Crippen LogP contribution in [0.25, 0.3) is 11.3 Å². The average Bonchev–Trinajstić information content (AvgIpc) is 2.38. The van der Waals surface area contributed by atoms with E-state index in [0.717, 1.165) is 0 Å². The molecule has 0 aliphatic heterocycles. The molecule has 0 atom stereocenters. The Kier molecular flexibility index (Phi) is 3.09. The van der Waals surface area contributed by atoms with E-state index in [-0.39, 0.29) is 11.4 Å². The van der Waals surface area contributed by atoms with Crippen LogP contribution in [0.4, 0.5) is 0 Å². The summed E-state index contributed by atoms with van der Waals surface area (Å²) in [5.41, 5.74) is -0.159. The van der Waals surface area contributed by atoms with Crippen molar-refractivity contribution in [2.45, 2.75) is 0 Å². The number of carbonyl (C=O) groups is 1.